The molecule has 1 aliphatic rings. The highest BCUT2D eigenvalue weighted by molar-refractivity contribution is 5.29. The third-order valence-electron chi connectivity index (χ3n) is 4.08. The highest BCUT2D eigenvalue weighted by Crippen LogP contribution is 2.40. The summed E-state index contributed by atoms with van der Waals surface area (Å²) in [4.78, 5) is 0. The first-order valence-electron chi connectivity index (χ1n) is 6.59. The van der Waals surface area contributed by atoms with Gasteiger partial charge in [0.2, 0.25) is 0 Å². The first kappa shape index (κ1) is 13.4. The summed E-state index contributed by atoms with van der Waals surface area (Å²) in [5.41, 5.74) is -0.214. The van der Waals surface area contributed by atoms with Crippen molar-refractivity contribution in [1.29, 1.82) is 0 Å². The fourth-order valence-electron chi connectivity index (χ4n) is 2.63. The number of aliphatic hydroxyl groups is 2. The van der Waals surface area contributed by atoms with Crippen LogP contribution in [0.2, 0.25) is 0 Å². The van der Waals surface area contributed by atoms with Crippen LogP contribution in [0.4, 0.5) is 0 Å². The molecular formula is C15H22O3. The second-order valence-electron chi connectivity index (χ2n) is 5.46. The zero-order valence-electron chi connectivity index (χ0n) is 11.1. The first-order chi connectivity index (χ1) is 8.55. The van der Waals surface area contributed by atoms with Crippen LogP contribution < -0.4 is 4.74 Å². The van der Waals surface area contributed by atoms with E-state index < -0.39 is 11.7 Å². The van der Waals surface area contributed by atoms with E-state index in [0.717, 1.165) is 24.2 Å². The predicted octanol–water partition coefficient (Wildman–Crippen LogP) is 2.67. The third-order valence-corrected chi connectivity index (χ3v) is 4.08. The Bertz CT molecular complexity index is 377. The summed E-state index contributed by atoms with van der Waals surface area (Å²) < 4.78 is 5.09. The van der Waals surface area contributed by atoms with E-state index in [-0.39, 0.29) is 0 Å². The zero-order valence-corrected chi connectivity index (χ0v) is 11.1. The maximum atomic E-state index is 10.6. The summed E-state index contributed by atoms with van der Waals surface area (Å²) in [7, 11) is 1.61. The summed E-state index contributed by atoms with van der Waals surface area (Å²) in [6, 6.07) is 7.26. The maximum Gasteiger partial charge on any atom is 0.118 e. The second-order valence-corrected chi connectivity index (χ2v) is 5.46. The van der Waals surface area contributed by atoms with E-state index in [1.807, 2.05) is 24.3 Å². The quantitative estimate of drug-likeness (QED) is 0.867. The molecule has 0 saturated heterocycles. The van der Waals surface area contributed by atoms with Crippen LogP contribution >= 0.6 is 0 Å². The number of rotatable bonds is 3. The van der Waals surface area contributed by atoms with Crippen molar-refractivity contribution in [2.45, 2.75) is 44.3 Å². The molecule has 2 N–H and O–H groups in total. The first-order valence-corrected chi connectivity index (χ1v) is 6.59. The molecule has 1 aromatic carbocycles. The highest BCUT2D eigenvalue weighted by atomic mass is 16.5. The summed E-state index contributed by atoms with van der Waals surface area (Å²) in [5.74, 6) is 1.41. The molecule has 0 spiro atoms. The van der Waals surface area contributed by atoms with Gasteiger partial charge in [-0.2, -0.15) is 0 Å². The molecule has 0 aromatic heterocycles. The molecule has 0 amide bonds. The van der Waals surface area contributed by atoms with Gasteiger partial charge in [0.15, 0.2) is 0 Å². The number of hydrogen-bond acceptors (Lipinski definition) is 3. The van der Waals surface area contributed by atoms with Crippen LogP contribution in [0, 0.1) is 5.92 Å². The number of methoxy groups -OCH3 is 1. The van der Waals surface area contributed by atoms with E-state index >= 15 is 0 Å². The minimum Gasteiger partial charge on any atom is -0.497 e. The Balaban J connectivity index is 2.11. The molecule has 0 heterocycles. The Morgan fingerprint density at radius 2 is 1.78 bits per heavy atom. The third kappa shape index (κ3) is 2.68. The summed E-state index contributed by atoms with van der Waals surface area (Å²) in [5, 5.41) is 20.9. The summed E-state index contributed by atoms with van der Waals surface area (Å²) in [6.45, 7) is 2.19. The normalized spacial score (nSPS) is 29.9. The standard InChI is InChI=1S/C15H22O3/c1-11-7-9-15(17,10-8-11)14(16)12-3-5-13(18-2)6-4-12/h3-6,11,14,16-17H,7-10H2,1-2H3. The largest absolute Gasteiger partial charge is 0.497 e. The van der Waals surface area contributed by atoms with Crippen molar-refractivity contribution in [3.05, 3.63) is 29.8 Å². The van der Waals surface area contributed by atoms with Gasteiger partial charge < -0.3 is 14.9 Å². The molecule has 0 bridgehead atoms. The molecule has 1 saturated carbocycles. The number of aliphatic hydroxyl groups excluding tert-OH is 1. The van der Waals surface area contributed by atoms with E-state index in [0.29, 0.717) is 18.8 Å². The van der Waals surface area contributed by atoms with Crippen molar-refractivity contribution in [3.63, 3.8) is 0 Å². The molecule has 1 fully saturated rings. The molecule has 2 rings (SSSR count). The van der Waals surface area contributed by atoms with Gasteiger partial charge in [-0.15, -0.1) is 0 Å². The van der Waals surface area contributed by atoms with E-state index in [2.05, 4.69) is 6.92 Å². The van der Waals surface area contributed by atoms with Crippen LogP contribution in [0.1, 0.15) is 44.3 Å². The minimum absolute atomic E-state index is 0.647. The monoisotopic (exact) mass is 250 g/mol. The number of benzene rings is 1. The lowest BCUT2D eigenvalue weighted by Crippen LogP contribution is -2.39. The molecule has 1 aliphatic carbocycles. The molecule has 1 atom stereocenters. The number of hydrogen-bond donors (Lipinski definition) is 2. The van der Waals surface area contributed by atoms with Gasteiger partial charge in [0.1, 0.15) is 11.9 Å². The van der Waals surface area contributed by atoms with Gasteiger partial charge in [-0.25, -0.2) is 0 Å². The van der Waals surface area contributed by atoms with E-state index in [4.69, 9.17) is 4.74 Å². The molecule has 100 valence electrons. The molecule has 18 heavy (non-hydrogen) atoms. The summed E-state index contributed by atoms with van der Waals surface area (Å²) in [6.07, 6.45) is 2.48. The van der Waals surface area contributed by atoms with Crippen LogP contribution in [-0.4, -0.2) is 22.9 Å². The molecule has 3 heteroatoms. The predicted molar refractivity (Wildman–Crippen MR) is 70.5 cm³/mol. The zero-order chi connectivity index (χ0) is 13.2. The molecule has 3 nitrogen and oxygen atoms in total. The van der Waals surface area contributed by atoms with E-state index in [1.165, 1.54) is 0 Å². The lowest BCUT2D eigenvalue weighted by Gasteiger charge is -2.38. The SMILES string of the molecule is COc1ccc(C(O)C2(O)CCC(C)CC2)cc1. The van der Waals surface area contributed by atoms with Crippen LogP contribution in [0.25, 0.3) is 0 Å². The van der Waals surface area contributed by atoms with Gasteiger partial charge in [0.25, 0.3) is 0 Å². The molecule has 1 unspecified atom stereocenters. The summed E-state index contributed by atoms with van der Waals surface area (Å²) >= 11 is 0. The van der Waals surface area contributed by atoms with Gasteiger partial charge in [-0.3, -0.25) is 0 Å². The average Bonchev–Trinajstić information content (AvgIpc) is 2.41. The van der Waals surface area contributed by atoms with Crippen LogP contribution in [-0.2, 0) is 0 Å². The van der Waals surface area contributed by atoms with Gasteiger partial charge >= 0.3 is 0 Å². The Kier molecular flexibility index (Phi) is 3.93. The fraction of sp³-hybridized carbons (Fsp3) is 0.600. The van der Waals surface area contributed by atoms with Crippen molar-refractivity contribution < 1.29 is 14.9 Å². The average molecular weight is 250 g/mol. The van der Waals surface area contributed by atoms with Crippen molar-refractivity contribution in [2.75, 3.05) is 7.11 Å². The Morgan fingerprint density at radius 1 is 1.22 bits per heavy atom. The van der Waals surface area contributed by atoms with Crippen molar-refractivity contribution in [2.24, 2.45) is 5.92 Å². The lowest BCUT2D eigenvalue weighted by atomic mass is 9.75. The van der Waals surface area contributed by atoms with Gasteiger partial charge in [0, 0.05) is 0 Å². The van der Waals surface area contributed by atoms with Gasteiger partial charge in [-0.1, -0.05) is 19.1 Å². The van der Waals surface area contributed by atoms with Crippen LogP contribution in [0.15, 0.2) is 24.3 Å². The molecule has 1 aromatic rings. The van der Waals surface area contributed by atoms with E-state index in [1.54, 1.807) is 7.11 Å². The topological polar surface area (TPSA) is 49.7 Å². The Labute approximate surface area is 108 Å². The van der Waals surface area contributed by atoms with Crippen LogP contribution in [0.3, 0.4) is 0 Å². The minimum atomic E-state index is -0.971. The Hall–Kier alpha value is -1.06. The van der Waals surface area contributed by atoms with Gasteiger partial charge in [-0.05, 0) is 49.3 Å². The van der Waals surface area contributed by atoms with Gasteiger partial charge in [0.05, 0.1) is 12.7 Å². The maximum absolute atomic E-state index is 10.6. The van der Waals surface area contributed by atoms with Crippen molar-refractivity contribution in [1.82, 2.24) is 0 Å². The smallest absolute Gasteiger partial charge is 0.118 e. The Morgan fingerprint density at radius 3 is 2.28 bits per heavy atom. The van der Waals surface area contributed by atoms with Crippen LogP contribution in [0.5, 0.6) is 5.75 Å². The van der Waals surface area contributed by atoms with Crippen molar-refractivity contribution in [3.8, 4) is 5.75 Å². The number of ether oxygens (including phenoxy) is 1. The lowest BCUT2D eigenvalue weighted by molar-refractivity contribution is -0.105. The second kappa shape index (κ2) is 5.29. The molecule has 0 aliphatic heterocycles. The highest BCUT2D eigenvalue weighted by Gasteiger charge is 2.39. The molecular weight excluding hydrogens is 228 g/mol. The van der Waals surface area contributed by atoms with Crippen molar-refractivity contribution >= 4 is 0 Å². The fourth-order valence-corrected chi connectivity index (χ4v) is 2.63. The van der Waals surface area contributed by atoms with E-state index in [9.17, 15) is 10.2 Å². The molecule has 0 radical (unpaired) electrons.